The number of aryl methyl sites for hydroxylation is 2. The largest absolute Gasteiger partial charge is 0.503 e. The fourth-order valence-electron chi connectivity index (χ4n) is 9.02. The van der Waals surface area contributed by atoms with Crippen LogP contribution < -0.4 is 9.64 Å². The summed E-state index contributed by atoms with van der Waals surface area (Å²) in [6.45, 7) is 3.74. The molecule has 4 heterocycles. The molecular weight excluding hydrogens is 776 g/mol. The number of likely N-dealkylation sites (tertiary alicyclic amines) is 1. The fraction of sp³-hybridized carbons (Fsp3) is 0.351. The highest BCUT2D eigenvalue weighted by molar-refractivity contribution is 9.10. The predicted molar refractivity (Wildman–Crippen MR) is 195 cm³/mol. The van der Waals surface area contributed by atoms with Crippen molar-refractivity contribution in [1.29, 1.82) is 0 Å². The van der Waals surface area contributed by atoms with E-state index in [4.69, 9.17) is 26.2 Å². The number of hydrogen-bond acceptors (Lipinski definition) is 10. The highest BCUT2D eigenvalue weighted by atomic mass is 79.9. The van der Waals surface area contributed by atoms with Crippen LogP contribution in [-0.4, -0.2) is 63.7 Å². The molecule has 15 heteroatoms. The minimum Gasteiger partial charge on any atom is -0.503 e. The number of carbonyl (C=O) groups excluding carboxylic acids is 5. The first kappa shape index (κ1) is 34.6. The Kier molecular flexibility index (Phi) is 7.97. The van der Waals surface area contributed by atoms with Gasteiger partial charge in [-0.25, -0.2) is 9.69 Å². The Bertz CT molecular complexity index is 2330. The maximum Gasteiger partial charge on any atom is 0.423 e. The number of fused-ring (bicyclic) bond motifs is 5. The molecule has 1 N–H and O–H groups in total. The standard InChI is InChI=1S/C37H32BrClN4O8S/c1-15-20-12-17(39)6-9-26(20)52-31(15)24-14-27(41(3)40-24)42-33(46)22-13-21-18(7-8-19-28(21)34(47)43(32(19)45)36(49)51-5)29(37(22,2)35(42)48)16-10-23(38)30(44)25(11-16)50-4/h6-7,9-12,14,19,21-22,28-29,44H,8,13H2,1-5H3. The monoisotopic (exact) mass is 806 g/mol. The number of aromatic nitrogens is 2. The number of imide groups is 4. The molecule has 8 rings (SSSR count). The molecule has 12 nitrogen and oxygen atoms in total. The highest BCUT2D eigenvalue weighted by Crippen LogP contribution is 2.64. The van der Waals surface area contributed by atoms with Crippen molar-refractivity contribution in [3.05, 3.63) is 68.7 Å². The van der Waals surface area contributed by atoms with E-state index in [1.54, 1.807) is 32.2 Å². The first-order valence-corrected chi connectivity index (χ1v) is 18.5. The third kappa shape index (κ3) is 4.62. The summed E-state index contributed by atoms with van der Waals surface area (Å²) in [6, 6.07) is 10.7. The number of phenolic OH excluding ortho intramolecular Hbond substituents is 1. The van der Waals surface area contributed by atoms with Crippen LogP contribution in [0.4, 0.5) is 10.6 Å². The van der Waals surface area contributed by atoms with Gasteiger partial charge in [-0.3, -0.25) is 23.9 Å². The molecule has 4 aromatic rings. The van der Waals surface area contributed by atoms with Gasteiger partial charge in [0.1, 0.15) is 11.5 Å². The maximum absolute atomic E-state index is 15.0. The zero-order chi connectivity index (χ0) is 37.1. The molecular formula is C37H32BrClN4O8S. The van der Waals surface area contributed by atoms with Crippen molar-refractivity contribution >= 4 is 84.5 Å². The van der Waals surface area contributed by atoms with Gasteiger partial charge in [0.05, 0.1) is 46.7 Å². The number of halogens is 2. The van der Waals surface area contributed by atoms with E-state index < -0.39 is 64.7 Å². The van der Waals surface area contributed by atoms with E-state index in [1.165, 1.54) is 28.0 Å². The summed E-state index contributed by atoms with van der Waals surface area (Å²) >= 11 is 11.3. The summed E-state index contributed by atoms with van der Waals surface area (Å²) in [6.07, 6.45) is 1.05. The first-order valence-electron chi connectivity index (χ1n) is 16.6. The highest BCUT2D eigenvalue weighted by Gasteiger charge is 2.68. The van der Waals surface area contributed by atoms with Crippen molar-refractivity contribution in [1.82, 2.24) is 14.7 Å². The summed E-state index contributed by atoms with van der Waals surface area (Å²) in [5.74, 6) is -6.06. The van der Waals surface area contributed by atoms with E-state index in [0.717, 1.165) is 27.6 Å². The van der Waals surface area contributed by atoms with Gasteiger partial charge in [-0.1, -0.05) is 23.3 Å². The number of anilines is 1. The van der Waals surface area contributed by atoms with Crippen LogP contribution in [0.5, 0.6) is 11.5 Å². The predicted octanol–water partition coefficient (Wildman–Crippen LogP) is 6.74. The second-order valence-corrected chi connectivity index (χ2v) is 16.2. The number of methoxy groups -OCH3 is 2. The van der Waals surface area contributed by atoms with Crippen molar-refractivity contribution in [2.24, 2.45) is 36.1 Å². The molecule has 2 aromatic heterocycles. The number of phenols is 1. The molecule has 2 aromatic carbocycles. The second-order valence-electron chi connectivity index (χ2n) is 13.9. The lowest BCUT2D eigenvalue weighted by molar-refractivity contribution is -0.138. The van der Waals surface area contributed by atoms with E-state index in [9.17, 15) is 24.3 Å². The third-order valence-corrected chi connectivity index (χ3v) is 13.6. The van der Waals surface area contributed by atoms with Gasteiger partial charge in [-0.15, -0.1) is 11.3 Å². The van der Waals surface area contributed by atoms with E-state index in [1.807, 2.05) is 31.2 Å². The molecule has 52 heavy (non-hydrogen) atoms. The van der Waals surface area contributed by atoms with E-state index in [-0.39, 0.29) is 30.2 Å². The second kappa shape index (κ2) is 12.0. The molecule has 3 fully saturated rings. The van der Waals surface area contributed by atoms with Crippen LogP contribution in [0.25, 0.3) is 20.7 Å². The van der Waals surface area contributed by atoms with Gasteiger partial charge < -0.3 is 14.6 Å². The molecule has 4 aliphatic rings. The summed E-state index contributed by atoms with van der Waals surface area (Å²) in [7, 11) is 4.19. The van der Waals surface area contributed by atoms with Gasteiger partial charge >= 0.3 is 6.09 Å². The minimum absolute atomic E-state index is 0.0897. The van der Waals surface area contributed by atoms with Gasteiger partial charge in [-0.05, 0) is 95.4 Å². The minimum atomic E-state index is -1.36. The van der Waals surface area contributed by atoms with Gasteiger partial charge in [0.2, 0.25) is 23.6 Å². The van der Waals surface area contributed by atoms with Crippen LogP contribution in [0.15, 0.2) is 52.5 Å². The van der Waals surface area contributed by atoms with Crippen molar-refractivity contribution in [3.63, 3.8) is 0 Å². The van der Waals surface area contributed by atoms with Crippen LogP contribution in [0, 0.1) is 36.0 Å². The third-order valence-electron chi connectivity index (χ3n) is 11.5. The molecule has 0 bridgehead atoms. The molecule has 6 unspecified atom stereocenters. The lowest BCUT2D eigenvalue weighted by atomic mass is 9.51. The lowest BCUT2D eigenvalue weighted by Crippen LogP contribution is -2.49. The summed E-state index contributed by atoms with van der Waals surface area (Å²) in [4.78, 5) is 72.4. The SMILES string of the molecule is COC(=O)N1C(=O)C2CC=C3C(CC4C(=O)N(c5cc(-c6sc7ccc(Cl)cc7c6C)nn5C)C(=O)C4(C)C3c3cc(Br)c(O)c(OC)c3)C2C1=O. The van der Waals surface area contributed by atoms with Crippen LogP contribution in [0.1, 0.15) is 36.8 Å². The van der Waals surface area contributed by atoms with Crippen molar-refractivity contribution in [2.75, 3.05) is 19.1 Å². The maximum atomic E-state index is 15.0. The number of thiophene rings is 1. The molecule has 2 aliphatic carbocycles. The van der Waals surface area contributed by atoms with E-state index >= 15 is 4.79 Å². The Balaban J connectivity index is 1.27. The topological polar surface area (TPSA) is 148 Å². The Labute approximate surface area is 315 Å². The zero-order valence-corrected chi connectivity index (χ0v) is 31.8. The lowest BCUT2D eigenvalue weighted by Gasteiger charge is -2.49. The number of carbonyl (C=O) groups is 5. The molecule has 268 valence electrons. The fourth-order valence-corrected chi connectivity index (χ4v) is 10.8. The van der Waals surface area contributed by atoms with Crippen LogP contribution in [-0.2, 0) is 31.0 Å². The smallest absolute Gasteiger partial charge is 0.423 e. The van der Waals surface area contributed by atoms with Crippen molar-refractivity contribution in [3.8, 4) is 22.1 Å². The summed E-state index contributed by atoms with van der Waals surface area (Å²) in [5, 5.41) is 17.1. The van der Waals surface area contributed by atoms with Crippen LogP contribution in [0.2, 0.25) is 5.02 Å². The van der Waals surface area contributed by atoms with E-state index in [0.29, 0.717) is 31.2 Å². The number of amides is 5. The van der Waals surface area contributed by atoms with Crippen molar-refractivity contribution < 1.29 is 38.6 Å². The summed E-state index contributed by atoms with van der Waals surface area (Å²) < 4.78 is 13.1. The molecule has 2 saturated heterocycles. The van der Waals surface area contributed by atoms with Crippen molar-refractivity contribution in [2.45, 2.75) is 32.6 Å². The normalized spacial score (nSPS) is 26.8. The molecule has 2 aliphatic heterocycles. The van der Waals surface area contributed by atoms with Crippen LogP contribution >= 0.6 is 38.9 Å². The molecule has 5 amide bonds. The Morgan fingerprint density at radius 3 is 2.54 bits per heavy atom. The molecule has 0 spiro atoms. The number of allylic oxidation sites excluding steroid dienone is 2. The molecule has 0 radical (unpaired) electrons. The van der Waals surface area contributed by atoms with Gasteiger partial charge in [0.25, 0.3) is 0 Å². The Morgan fingerprint density at radius 1 is 1.08 bits per heavy atom. The number of ether oxygens (including phenoxy) is 2. The van der Waals surface area contributed by atoms with Gasteiger partial charge in [0.15, 0.2) is 11.5 Å². The summed E-state index contributed by atoms with van der Waals surface area (Å²) in [5.41, 5.74) is 1.48. The number of aromatic hydroxyl groups is 1. The van der Waals surface area contributed by atoms with Gasteiger partial charge in [-0.2, -0.15) is 10.00 Å². The Morgan fingerprint density at radius 2 is 1.83 bits per heavy atom. The number of benzene rings is 2. The van der Waals surface area contributed by atoms with Crippen LogP contribution in [0.3, 0.4) is 0 Å². The number of nitrogens with zero attached hydrogens (tertiary/aromatic N) is 4. The number of hydrogen-bond donors (Lipinski definition) is 1. The quantitative estimate of drug-likeness (QED) is 0.175. The Hall–Kier alpha value is -4.53. The van der Waals surface area contributed by atoms with E-state index in [2.05, 4.69) is 15.9 Å². The molecule has 1 saturated carbocycles. The van der Waals surface area contributed by atoms with Gasteiger partial charge in [0, 0.05) is 28.8 Å². The average Bonchev–Trinajstić information content (AvgIpc) is 3.79. The first-order chi connectivity index (χ1) is 24.7. The average molecular weight is 808 g/mol. The number of rotatable bonds is 4. The zero-order valence-electron chi connectivity index (χ0n) is 28.6. The molecule has 6 atom stereocenters.